The van der Waals surface area contributed by atoms with E-state index in [1.165, 1.54) is 7.11 Å². The van der Waals surface area contributed by atoms with Crippen LogP contribution in [0.1, 0.15) is 24.2 Å². The monoisotopic (exact) mass is 281 g/mol. The number of carbonyl (C=O) groups excluding carboxylic acids is 1. The SMILES string of the molecule is CC.COc1cccc(C(=O)N2CCOCC2)c1OC. The summed E-state index contributed by atoms with van der Waals surface area (Å²) in [5.74, 6) is 1.00. The molecule has 1 aliphatic rings. The Morgan fingerprint density at radius 1 is 1.15 bits per heavy atom. The summed E-state index contributed by atoms with van der Waals surface area (Å²) >= 11 is 0. The highest BCUT2D eigenvalue weighted by Crippen LogP contribution is 2.31. The van der Waals surface area contributed by atoms with Gasteiger partial charge in [-0.05, 0) is 12.1 Å². The van der Waals surface area contributed by atoms with Gasteiger partial charge in [-0.2, -0.15) is 0 Å². The lowest BCUT2D eigenvalue weighted by atomic mass is 10.1. The number of benzene rings is 1. The first-order chi connectivity index (χ1) is 9.77. The minimum absolute atomic E-state index is 0.0472. The van der Waals surface area contributed by atoms with Gasteiger partial charge in [0.1, 0.15) is 0 Å². The molecule has 0 spiro atoms. The van der Waals surface area contributed by atoms with Gasteiger partial charge in [0.2, 0.25) is 0 Å². The topological polar surface area (TPSA) is 48.0 Å². The average molecular weight is 281 g/mol. The van der Waals surface area contributed by atoms with Crippen LogP contribution < -0.4 is 9.47 Å². The Labute approximate surface area is 120 Å². The van der Waals surface area contributed by atoms with E-state index in [1.807, 2.05) is 13.8 Å². The second kappa shape index (κ2) is 8.43. The molecule has 1 heterocycles. The standard InChI is InChI=1S/C13H17NO4.C2H6/c1-16-11-5-3-4-10(12(11)17-2)13(15)14-6-8-18-9-7-14;1-2/h3-5H,6-9H2,1-2H3;1-2H3. The molecule has 2 rings (SSSR count). The average Bonchev–Trinajstić information content (AvgIpc) is 2.55. The van der Waals surface area contributed by atoms with Crippen molar-refractivity contribution in [3.63, 3.8) is 0 Å². The normalized spacial score (nSPS) is 14.1. The number of rotatable bonds is 3. The highest BCUT2D eigenvalue weighted by atomic mass is 16.5. The zero-order valence-corrected chi connectivity index (χ0v) is 12.6. The fourth-order valence-electron chi connectivity index (χ4n) is 1.99. The van der Waals surface area contributed by atoms with Crippen LogP contribution in [0.4, 0.5) is 0 Å². The summed E-state index contributed by atoms with van der Waals surface area (Å²) in [7, 11) is 3.09. The molecule has 112 valence electrons. The lowest BCUT2D eigenvalue weighted by molar-refractivity contribution is 0.0300. The van der Waals surface area contributed by atoms with Crippen molar-refractivity contribution in [1.82, 2.24) is 4.90 Å². The van der Waals surface area contributed by atoms with E-state index in [-0.39, 0.29) is 5.91 Å². The third-order valence-corrected chi connectivity index (χ3v) is 2.93. The molecule has 1 saturated heterocycles. The van der Waals surface area contributed by atoms with Crippen molar-refractivity contribution >= 4 is 5.91 Å². The first-order valence-electron chi connectivity index (χ1n) is 6.86. The third kappa shape index (κ3) is 3.63. The molecular weight excluding hydrogens is 258 g/mol. The van der Waals surface area contributed by atoms with Crippen molar-refractivity contribution in [2.75, 3.05) is 40.5 Å². The van der Waals surface area contributed by atoms with Gasteiger partial charge in [-0.3, -0.25) is 4.79 Å². The fourth-order valence-corrected chi connectivity index (χ4v) is 1.99. The first-order valence-corrected chi connectivity index (χ1v) is 6.86. The molecule has 0 aromatic heterocycles. The van der Waals surface area contributed by atoms with E-state index in [9.17, 15) is 4.79 Å². The Hall–Kier alpha value is -1.75. The maximum Gasteiger partial charge on any atom is 0.257 e. The first kappa shape index (κ1) is 16.3. The van der Waals surface area contributed by atoms with Crippen molar-refractivity contribution in [3.8, 4) is 11.5 Å². The van der Waals surface area contributed by atoms with E-state index in [0.29, 0.717) is 43.4 Å². The minimum Gasteiger partial charge on any atom is -0.493 e. The van der Waals surface area contributed by atoms with E-state index in [4.69, 9.17) is 14.2 Å². The highest BCUT2D eigenvalue weighted by Gasteiger charge is 2.23. The van der Waals surface area contributed by atoms with Gasteiger partial charge in [0.25, 0.3) is 5.91 Å². The summed E-state index contributed by atoms with van der Waals surface area (Å²) in [6.07, 6.45) is 0. The molecule has 1 aromatic carbocycles. The van der Waals surface area contributed by atoms with E-state index in [1.54, 1.807) is 30.2 Å². The van der Waals surface area contributed by atoms with Crippen LogP contribution in [0.2, 0.25) is 0 Å². The fraction of sp³-hybridized carbons (Fsp3) is 0.533. The van der Waals surface area contributed by atoms with Gasteiger partial charge in [-0.25, -0.2) is 0 Å². The number of morpholine rings is 1. The van der Waals surface area contributed by atoms with Crippen molar-refractivity contribution in [1.29, 1.82) is 0 Å². The van der Waals surface area contributed by atoms with Gasteiger partial charge in [0.15, 0.2) is 11.5 Å². The number of hydrogen-bond acceptors (Lipinski definition) is 4. The predicted molar refractivity (Wildman–Crippen MR) is 77.6 cm³/mol. The molecule has 0 aliphatic carbocycles. The molecule has 0 saturated carbocycles. The van der Waals surface area contributed by atoms with Crippen LogP contribution in [0.25, 0.3) is 0 Å². The Bertz CT molecular complexity index is 428. The van der Waals surface area contributed by atoms with Crippen molar-refractivity contribution < 1.29 is 19.0 Å². The molecule has 1 fully saturated rings. The molecule has 0 bridgehead atoms. The third-order valence-electron chi connectivity index (χ3n) is 2.93. The van der Waals surface area contributed by atoms with E-state index in [2.05, 4.69) is 0 Å². The summed E-state index contributed by atoms with van der Waals surface area (Å²) in [5.41, 5.74) is 0.527. The lowest BCUT2D eigenvalue weighted by Crippen LogP contribution is -2.40. The van der Waals surface area contributed by atoms with Crippen molar-refractivity contribution in [2.24, 2.45) is 0 Å². The van der Waals surface area contributed by atoms with Gasteiger partial charge in [-0.15, -0.1) is 0 Å². The Kier molecular flexibility index (Phi) is 6.87. The number of nitrogens with zero attached hydrogens (tertiary/aromatic N) is 1. The number of amides is 1. The van der Waals surface area contributed by atoms with Crippen LogP contribution in [-0.4, -0.2) is 51.3 Å². The maximum atomic E-state index is 12.4. The second-order valence-electron chi connectivity index (χ2n) is 3.95. The molecule has 1 aromatic rings. The summed E-state index contributed by atoms with van der Waals surface area (Å²) in [6.45, 7) is 6.38. The molecule has 5 nitrogen and oxygen atoms in total. The van der Waals surface area contributed by atoms with Crippen LogP contribution in [0, 0.1) is 0 Å². The van der Waals surface area contributed by atoms with E-state index < -0.39 is 0 Å². The maximum absolute atomic E-state index is 12.4. The molecule has 20 heavy (non-hydrogen) atoms. The molecule has 0 atom stereocenters. The minimum atomic E-state index is -0.0472. The number of para-hydroxylation sites is 1. The van der Waals surface area contributed by atoms with Crippen molar-refractivity contribution in [3.05, 3.63) is 23.8 Å². The summed E-state index contributed by atoms with van der Waals surface area (Å²) in [4.78, 5) is 14.1. The van der Waals surface area contributed by atoms with Crippen LogP contribution in [-0.2, 0) is 4.74 Å². The molecule has 0 unspecified atom stereocenters. The van der Waals surface area contributed by atoms with Gasteiger partial charge in [-0.1, -0.05) is 19.9 Å². The predicted octanol–water partition coefficient (Wildman–Crippen LogP) is 2.20. The quantitative estimate of drug-likeness (QED) is 0.852. The van der Waals surface area contributed by atoms with Crippen LogP contribution in [0.5, 0.6) is 11.5 Å². The molecule has 5 heteroatoms. The van der Waals surface area contributed by atoms with E-state index in [0.717, 1.165) is 0 Å². The van der Waals surface area contributed by atoms with E-state index >= 15 is 0 Å². The lowest BCUT2D eigenvalue weighted by Gasteiger charge is -2.27. The number of methoxy groups -OCH3 is 2. The summed E-state index contributed by atoms with van der Waals surface area (Å²) < 4.78 is 15.7. The van der Waals surface area contributed by atoms with Gasteiger partial charge >= 0.3 is 0 Å². The van der Waals surface area contributed by atoms with Gasteiger partial charge < -0.3 is 19.1 Å². The Balaban J connectivity index is 0.000000956. The second-order valence-corrected chi connectivity index (χ2v) is 3.95. The van der Waals surface area contributed by atoms with Crippen LogP contribution in [0.15, 0.2) is 18.2 Å². The molecule has 0 radical (unpaired) electrons. The van der Waals surface area contributed by atoms with Crippen LogP contribution in [0.3, 0.4) is 0 Å². The number of carbonyl (C=O) groups is 1. The highest BCUT2D eigenvalue weighted by molar-refractivity contribution is 5.97. The zero-order valence-electron chi connectivity index (χ0n) is 12.6. The van der Waals surface area contributed by atoms with Crippen LogP contribution >= 0.6 is 0 Å². The van der Waals surface area contributed by atoms with Gasteiger partial charge in [0, 0.05) is 13.1 Å². The number of ether oxygens (including phenoxy) is 3. The molecule has 1 aliphatic heterocycles. The molecular formula is C15H23NO4. The Morgan fingerprint density at radius 3 is 2.35 bits per heavy atom. The molecule has 1 amide bonds. The summed E-state index contributed by atoms with van der Waals surface area (Å²) in [5, 5.41) is 0. The van der Waals surface area contributed by atoms with Crippen molar-refractivity contribution in [2.45, 2.75) is 13.8 Å². The zero-order chi connectivity index (χ0) is 15.0. The van der Waals surface area contributed by atoms with Gasteiger partial charge in [0.05, 0.1) is 33.0 Å². The number of hydrogen-bond donors (Lipinski definition) is 0. The smallest absolute Gasteiger partial charge is 0.257 e. The molecule has 0 N–H and O–H groups in total. The Morgan fingerprint density at radius 2 is 1.80 bits per heavy atom. The largest absolute Gasteiger partial charge is 0.493 e. The summed E-state index contributed by atoms with van der Waals surface area (Å²) in [6, 6.07) is 5.31.